The highest BCUT2D eigenvalue weighted by atomic mass is 19.4. The molecule has 0 saturated carbocycles. The molecule has 0 aliphatic rings. The molecule has 1 amide bonds. The van der Waals surface area contributed by atoms with E-state index in [2.05, 4.69) is 15.1 Å². The van der Waals surface area contributed by atoms with Crippen LogP contribution in [0.3, 0.4) is 0 Å². The van der Waals surface area contributed by atoms with Gasteiger partial charge in [0.1, 0.15) is 17.5 Å². The number of hydrogen-bond donors (Lipinski definition) is 2. The number of rotatable bonds is 5. The van der Waals surface area contributed by atoms with Gasteiger partial charge in [-0.25, -0.2) is 23.4 Å². The zero-order chi connectivity index (χ0) is 26.0. The Morgan fingerprint density at radius 3 is 2.44 bits per heavy atom. The number of benzene rings is 1. The fourth-order valence-electron chi connectivity index (χ4n) is 3.13. The molecule has 182 valence electrons. The van der Waals surface area contributed by atoms with E-state index < -0.39 is 46.4 Å². The van der Waals surface area contributed by atoms with Gasteiger partial charge in [0.25, 0.3) is 5.91 Å². The molecule has 9 nitrogen and oxygen atoms in total. The Bertz CT molecular complexity index is 1470. The summed E-state index contributed by atoms with van der Waals surface area (Å²) in [4.78, 5) is 20.1. The third-order valence-corrected chi connectivity index (χ3v) is 4.67. The second-order valence-electron chi connectivity index (χ2n) is 7.01. The van der Waals surface area contributed by atoms with Gasteiger partial charge in [0.05, 0.1) is 11.8 Å². The topological polar surface area (TPSA) is 132 Å². The van der Waals surface area contributed by atoms with E-state index >= 15 is 0 Å². The quantitative estimate of drug-likeness (QED) is 0.386. The van der Waals surface area contributed by atoms with Crippen molar-refractivity contribution >= 4 is 17.4 Å². The summed E-state index contributed by atoms with van der Waals surface area (Å²) >= 11 is 0. The summed E-state index contributed by atoms with van der Waals surface area (Å²) in [5, 5.41) is 14.8. The van der Waals surface area contributed by atoms with Gasteiger partial charge < -0.3 is 15.8 Å². The molecule has 36 heavy (non-hydrogen) atoms. The number of nitrogens with two attached hydrogens (primary N) is 1. The second kappa shape index (κ2) is 9.29. The first-order valence-electron chi connectivity index (χ1n) is 9.79. The minimum absolute atomic E-state index is 0.198. The summed E-state index contributed by atoms with van der Waals surface area (Å²) in [6, 6.07) is 8.26. The van der Waals surface area contributed by atoms with Crippen LogP contribution in [0.4, 0.5) is 33.5 Å². The van der Waals surface area contributed by atoms with Crippen molar-refractivity contribution in [3.63, 3.8) is 0 Å². The Morgan fingerprint density at radius 1 is 1.11 bits per heavy atom. The molecule has 14 heteroatoms. The number of carbonyl (C=O) groups excluding carboxylic acids is 1. The lowest BCUT2D eigenvalue weighted by Crippen LogP contribution is -2.21. The molecule has 0 fully saturated rings. The van der Waals surface area contributed by atoms with Crippen molar-refractivity contribution < 1.29 is 31.5 Å². The van der Waals surface area contributed by atoms with Crippen molar-refractivity contribution in [2.24, 2.45) is 0 Å². The minimum Gasteiger partial charge on any atom is -0.450 e. The number of anilines is 2. The third kappa shape index (κ3) is 4.62. The molecule has 0 spiro atoms. The van der Waals surface area contributed by atoms with Crippen molar-refractivity contribution in [1.29, 1.82) is 5.26 Å². The highest BCUT2D eigenvalue weighted by Gasteiger charge is 2.41. The average Bonchev–Trinajstić information content (AvgIpc) is 3.28. The van der Waals surface area contributed by atoms with Gasteiger partial charge in [0, 0.05) is 36.3 Å². The number of nitrogens with one attached hydrogen (secondary N) is 1. The lowest BCUT2D eigenvalue weighted by atomic mass is 10.2. The number of amides is 1. The normalized spacial score (nSPS) is 11.1. The highest BCUT2D eigenvalue weighted by molar-refractivity contribution is 6.05. The maximum Gasteiger partial charge on any atom is 0.434 e. The number of carbonyl (C=O) groups is 1. The number of alkyl halides is 3. The van der Waals surface area contributed by atoms with E-state index in [9.17, 15) is 26.7 Å². The molecule has 0 radical (unpaired) electrons. The third-order valence-electron chi connectivity index (χ3n) is 4.67. The van der Waals surface area contributed by atoms with Crippen LogP contribution in [0.2, 0.25) is 0 Å². The first kappa shape index (κ1) is 24.1. The largest absolute Gasteiger partial charge is 0.450 e. The van der Waals surface area contributed by atoms with Crippen molar-refractivity contribution in [3.8, 4) is 23.4 Å². The predicted molar refractivity (Wildman–Crippen MR) is 114 cm³/mol. The SMILES string of the molecule is N#Cc1c(Oc2c(F)cc(NC(=O)c3cnn(-c4ccccn4)c3C(F)(F)F)cc2F)ccnc1N. The molecular formula is C22H12F5N7O2. The standard InChI is InChI=1S/C22H12F5N7O2/c23-14-7-11(8-15(24)18(14)36-16-4-6-31-20(29)12(16)9-28)33-21(35)13-10-32-34(19(13)22(25,26)27)17-3-1-2-5-30-17/h1-8,10H,(H2,29,31)(H,33,35). The van der Waals surface area contributed by atoms with E-state index in [-0.39, 0.29) is 22.9 Å². The molecular weight excluding hydrogens is 489 g/mol. The molecule has 1 aromatic carbocycles. The average molecular weight is 501 g/mol. The number of nitrogen functional groups attached to an aromatic ring is 1. The lowest BCUT2D eigenvalue weighted by molar-refractivity contribution is -0.143. The molecule has 0 aliphatic carbocycles. The van der Waals surface area contributed by atoms with Crippen LogP contribution in [0, 0.1) is 23.0 Å². The maximum atomic E-state index is 14.6. The summed E-state index contributed by atoms with van der Waals surface area (Å²) in [5.41, 5.74) is 2.43. The van der Waals surface area contributed by atoms with Gasteiger partial charge in [-0.2, -0.15) is 23.5 Å². The van der Waals surface area contributed by atoms with Crippen molar-refractivity contribution in [2.45, 2.75) is 6.18 Å². The fraction of sp³-hybridized carbons (Fsp3) is 0.0455. The molecule has 3 N–H and O–H groups in total. The Morgan fingerprint density at radius 2 is 1.83 bits per heavy atom. The van der Waals surface area contributed by atoms with Crippen LogP contribution < -0.4 is 15.8 Å². The summed E-state index contributed by atoms with van der Waals surface area (Å²) in [6.45, 7) is 0. The summed E-state index contributed by atoms with van der Waals surface area (Å²) < 4.78 is 76.1. The van der Waals surface area contributed by atoms with Crippen molar-refractivity contribution in [1.82, 2.24) is 19.7 Å². The van der Waals surface area contributed by atoms with Crippen LogP contribution in [0.25, 0.3) is 5.82 Å². The molecule has 3 aromatic heterocycles. The van der Waals surface area contributed by atoms with Crippen molar-refractivity contribution in [3.05, 3.63) is 83.4 Å². The number of nitriles is 1. The van der Waals surface area contributed by atoms with Gasteiger partial charge in [-0.1, -0.05) is 6.07 Å². The number of nitrogens with zero attached hydrogens (tertiary/aromatic N) is 5. The van der Waals surface area contributed by atoms with Gasteiger partial charge in [-0.05, 0) is 12.1 Å². The number of pyridine rings is 2. The summed E-state index contributed by atoms with van der Waals surface area (Å²) in [6.07, 6.45) is -1.96. The van der Waals surface area contributed by atoms with Crippen LogP contribution in [0.1, 0.15) is 21.6 Å². The molecule has 3 heterocycles. The second-order valence-corrected chi connectivity index (χ2v) is 7.01. The van der Waals surface area contributed by atoms with Gasteiger partial charge in [0.15, 0.2) is 34.6 Å². The van der Waals surface area contributed by atoms with E-state index in [0.29, 0.717) is 23.0 Å². The molecule has 0 unspecified atom stereocenters. The van der Waals surface area contributed by atoms with E-state index in [1.54, 1.807) is 6.07 Å². The maximum absolute atomic E-state index is 14.6. The smallest absolute Gasteiger partial charge is 0.434 e. The number of hydrogen-bond acceptors (Lipinski definition) is 7. The van der Waals surface area contributed by atoms with Crippen LogP contribution in [0.15, 0.2) is 55.0 Å². The first-order valence-corrected chi connectivity index (χ1v) is 9.79. The Kier molecular flexibility index (Phi) is 6.22. The lowest BCUT2D eigenvalue weighted by Gasteiger charge is -2.13. The molecule has 0 atom stereocenters. The summed E-state index contributed by atoms with van der Waals surface area (Å²) in [5.74, 6) is -5.60. The Labute approximate surface area is 198 Å². The first-order chi connectivity index (χ1) is 17.1. The van der Waals surface area contributed by atoms with Gasteiger partial charge >= 0.3 is 6.18 Å². The van der Waals surface area contributed by atoms with E-state index in [4.69, 9.17) is 15.7 Å². The van der Waals surface area contributed by atoms with Gasteiger partial charge in [-0.3, -0.25) is 4.79 Å². The zero-order valence-electron chi connectivity index (χ0n) is 17.7. The molecule has 4 aromatic rings. The number of halogens is 5. The number of aromatic nitrogens is 4. The molecule has 0 saturated heterocycles. The number of ether oxygens (including phenoxy) is 1. The Hall–Kier alpha value is -5.06. The van der Waals surface area contributed by atoms with Gasteiger partial charge in [0.2, 0.25) is 0 Å². The van der Waals surface area contributed by atoms with E-state index in [1.807, 2.05) is 5.32 Å². The van der Waals surface area contributed by atoms with Crippen LogP contribution in [0.5, 0.6) is 11.5 Å². The fourth-order valence-corrected chi connectivity index (χ4v) is 3.13. The predicted octanol–water partition coefficient (Wildman–Crippen LogP) is 4.46. The monoisotopic (exact) mass is 501 g/mol. The Balaban J connectivity index is 1.64. The molecule has 4 rings (SSSR count). The van der Waals surface area contributed by atoms with Crippen molar-refractivity contribution in [2.75, 3.05) is 11.1 Å². The molecule has 0 bridgehead atoms. The zero-order valence-corrected chi connectivity index (χ0v) is 17.7. The molecule has 0 aliphatic heterocycles. The highest BCUT2D eigenvalue weighted by Crippen LogP contribution is 2.35. The van der Waals surface area contributed by atoms with Gasteiger partial charge in [-0.15, -0.1) is 0 Å². The van der Waals surface area contributed by atoms with E-state index in [0.717, 1.165) is 12.3 Å². The minimum atomic E-state index is -5.01. The van der Waals surface area contributed by atoms with Crippen LogP contribution in [-0.4, -0.2) is 25.7 Å². The van der Waals surface area contributed by atoms with Crippen LogP contribution >= 0.6 is 0 Å². The van der Waals surface area contributed by atoms with Crippen LogP contribution in [-0.2, 0) is 6.18 Å². The summed E-state index contributed by atoms with van der Waals surface area (Å²) in [7, 11) is 0. The van der Waals surface area contributed by atoms with E-state index in [1.165, 1.54) is 24.4 Å².